The van der Waals surface area contributed by atoms with Gasteiger partial charge >= 0.3 is 0 Å². The lowest BCUT2D eigenvalue weighted by molar-refractivity contribution is -0.143. The molecule has 1 spiro atoms. The van der Waals surface area contributed by atoms with Gasteiger partial charge in [-0.25, -0.2) is 4.98 Å². The van der Waals surface area contributed by atoms with Crippen molar-refractivity contribution in [2.24, 2.45) is 5.41 Å². The Morgan fingerprint density at radius 3 is 2.75 bits per heavy atom. The lowest BCUT2D eigenvalue weighted by Gasteiger charge is -2.37. The van der Waals surface area contributed by atoms with Crippen molar-refractivity contribution in [3.05, 3.63) is 10.0 Å². The molecule has 7 heteroatoms. The Bertz CT molecular complexity index is 630. The summed E-state index contributed by atoms with van der Waals surface area (Å²) in [6.07, 6.45) is 5.62. The number of nitrogens with zero attached hydrogens (tertiary/aromatic N) is 4. The third-order valence-corrected chi connectivity index (χ3v) is 7.29. The Balaban J connectivity index is 1.44. The predicted octanol–water partition coefficient (Wildman–Crippen LogP) is 2.84. The zero-order valence-electron chi connectivity index (χ0n) is 14.3. The van der Waals surface area contributed by atoms with Crippen LogP contribution in [0, 0.1) is 5.41 Å². The van der Waals surface area contributed by atoms with Gasteiger partial charge in [0.05, 0.1) is 10.3 Å². The van der Waals surface area contributed by atoms with Crippen molar-refractivity contribution in [1.29, 1.82) is 0 Å². The van der Waals surface area contributed by atoms with E-state index in [1.807, 2.05) is 11.9 Å². The molecule has 3 fully saturated rings. The van der Waals surface area contributed by atoms with Gasteiger partial charge in [0, 0.05) is 39.8 Å². The average molecular weight is 369 g/mol. The Morgan fingerprint density at radius 1 is 1.17 bits per heavy atom. The Kier molecular flexibility index (Phi) is 4.47. The van der Waals surface area contributed by atoms with Crippen molar-refractivity contribution in [2.75, 3.05) is 44.7 Å². The van der Waals surface area contributed by atoms with Crippen molar-refractivity contribution in [1.82, 2.24) is 14.8 Å². The number of likely N-dealkylation sites (tertiary alicyclic amines) is 2. The third kappa shape index (κ3) is 2.93. The number of carbonyl (C=O) groups is 1. The minimum absolute atomic E-state index is 0.151. The van der Waals surface area contributed by atoms with Gasteiger partial charge in [-0.1, -0.05) is 22.9 Å². The van der Waals surface area contributed by atoms with Crippen LogP contribution in [-0.2, 0) is 11.3 Å². The van der Waals surface area contributed by atoms with Crippen LogP contribution < -0.4 is 4.90 Å². The first-order chi connectivity index (χ1) is 11.6. The fourth-order valence-corrected chi connectivity index (χ4v) is 5.76. The van der Waals surface area contributed by atoms with E-state index in [-0.39, 0.29) is 5.41 Å². The molecule has 1 amide bonds. The number of hydrogen-bond donors (Lipinski definition) is 0. The van der Waals surface area contributed by atoms with Crippen LogP contribution in [0.4, 0.5) is 5.13 Å². The molecule has 0 N–H and O–H groups in total. The molecule has 3 saturated heterocycles. The van der Waals surface area contributed by atoms with Crippen LogP contribution in [0.5, 0.6) is 0 Å². The van der Waals surface area contributed by atoms with Crippen LogP contribution in [0.25, 0.3) is 0 Å². The van der Waals surface area contributed by atoms with Gasteiger partial charge in [0.15, 0.2) is 5.13 Å². The van der Waals surface area contributed by atoms with Crippen molar-refractivity contribution in [3.8, 4) is 0 Å². The molecule has 1 aromatic heterocycles. The van der Waals surface area contributed by atoms with E-state index < -0.39 is 0 Å². The number of amides is 1. The van der Waals surface area contributed by atoms with Crippen LogP contribution in [0.1, 0.15) is 37.0 Å². The summed E-state index contributed by atoms with van der Waals surface area (Å²) in [7, 11) is 1.94. The van der Waals surface area contributed by atoms with E-state index in [2.05, 4.69) is 14.8 Å². The number of hydrogen-bond acceptors (Lipinski definition) is 5. The molecule has 0 aliphatic carbocycles. The lowest BCUT2D eigenvalue weighted by atomic mass is 9.78. The molecule has 24 heavy (non-hydrogen) atoms. The first-order valence-corrected chi connectivity index (χ1v) is 10.1. The average Bonchev–Trinajstić information content (AvgIpc) is 3.28. The summed E-state index contributed by atoms with van der Waals surface area (Å²) in [6, 6.07) is 0. The molecule has 0 saturated carbocycles. The third-order valence-electron chi connectivity index (χ3n) is 5.76. The zero-order chi connectivity index (χ0) is 16.7. The van der Waals surface area contributed by atoms with Crippen LogP contribution in [0.2, 0.25) is 5.15 Å². The quantitative estimate of drug-likeness (QED) is 0.822. The van der Waals surface area contributed by atoms with Crippen LogP contribution in [0.3, 0.4) is 0 Å². The van der Waals surface area contributed by atoms with Crippen LogP contribution in [-0.4, -0.2) is 60.5 Å². The number of carbonyl (C=O) groups excluding carboxylic acids is 1. The van der Waals surface area contributed by atoms with Gasteiger partial charge in [-0.15, -0.1) is 0 Å². The van der Waals surface area contributed by atoms with E-state index in [9.17, 15) is 4.79 Å². The fraction of sp³-hybridized carbons (Fsp3) is 0.765. The van der Waals surface area contributed by atoms with E-state index in [4.69, 9.17) is 11.6 Å². The number of halogens is 1. The highest BCUT2D eigenvalue weighted by molar-refractivity contribution is 7.16. The summed E-state index contributed by atoms with van der Waals surface area (Å²) in [4.78, 5) is 25.0. The van der Waals surface area contributed by atoms with Gasteiger partial charge < -0.3 is 9.80 Å². The van der Waals surface area contributed by atoms with Gasteiger partial charge in [0.1, 0.15) is 5.15 Å². The molecular weight excluding hydrogens is 344 g/mol. The van der Waals surface area contributed by atoms with Gasteiger partial charge in [-0.05, 0) is 38.6 Å². The van der Waals surface area contributed by atoms with Gasteiger partial charge in [-0.2, -0.15) is 0 Å². The smallest absolute Gasteiger partial charge is 0.229 e. The highest BCUT2D eigenvalue weighted by atomic mass is 35.5. The second-order valence-corrected chi connectivity index (χ2v) is 8.90. The lowest BCUT2D eigenvalue weighted by Crippen LogP contribution is -2.48. The first-order valence-electron chi connectivity index (χ1n) is 8.95. The van der Waals surface area contributed by atoms with Gasteiger partial charge in [-0.3, -0.25) is 9.69 Å². The van der Waals surface area contributed by atoms with Crippen molar-refractivity contribution >= 4 is 34.0 Å². The molecule has 0 aromatic carbocycles. The fourth-order valence-electron chi connectivity index (χ4n) is 4.41. The molecule has 1 atom stereocenters. The van der Waals surface area contributed by atoms with E-state index >= 15 is 0 Å². The normalized spacial score (nSPS) is 28.5. The molecular formula is C17H25ClN4OS. The predicted molar refractivity (Wildman–Crippen MR) is 97.8 cm³/mol. The number of rotatable bonds is 3. The zero-order valence-corrected chi connectivity index (χ0v) is 15.8. The van der Waals surface area contributed by atoms with Gasteiger partial charge in [0.2, 0.25) is 5.91 Å². The molecule has 0 bridgehead atoms. The summed E-state index contributed by atoms with van der Waals surface area (Å²) in [6.45, 7) is 5.76. The highest BCUT2D eigenvalue weighted by Crippen LogP contribution is 2.41. The van der Waals surface area contributed by atoms with Crippen molar-refractivity contribution < 1.29 is 4.79 Å². The summed E-state index contributed by atoms with van der Waals surface area (Å²) in [5.74, 6) is 0.337. The minimum atomic E-state index is -0.151. The first kappa shape index (κ1) is 16.6. The SMILES string of the molecule is CN1CCCC2(CCN(Cc3sc(N4CCCC4)nc3Cl)C2)C1=O. The Hall–Kier alpha value is -0.850. The second kappa shape index (κ2) is 6.46. The van der Waals surface area contributed by atoms with Crippen LogP contribution in [0.15, 0.2) is 0 Å². The largest absolute Gasteiger partial charge is 0.348 e. The molecule has 3 aliphatic rings. The standard InChI is InChI=1S/C17H25ClN4OS/c1-20-7-4-5-17(15(20)23)6-10-21(12-17)11-13-14(18)19-16(24-13)22-8-2-3-9-22/h2-12H2,1H3. The van der Waals surface area contributed by atoms with Crippen molar-refractivity contribution in [3.63, 3.8) is 0 Å². The number of anilines is 1. The molecule has 4 rings (SSSR count). The van der Waals surface area contributed by atoms with Crippen molar-refractivity contribution in [2.45, 2.75) is 38.6 Å². The minimum Gasteiger partial charge on any atom is -0.348 e. The van der Waals surface area contributed by atoms with E-state index in [0.29, 0.717) is 11.1 Å². The maximum atomic E-state index is 12.6. The number of aromatic nitrogens is 1. The maximum absolute atomic E-state index is 12.6. The second-order valence-electron chi connectivity index (χ2n) is 7.48. The van der Waals surface area contributed by atoms with E-state index in [0.717, 1.165) is 68.5 Å². The molecule has 5 nitrogen and oxygen atoms in total. The summed E-state index contributed by atoms with van der Waals surface area (Å²) >= 11 is 8.13. The van der Waals surface area contributed by atoms with E-state index in [1.165, 1.54) is 12.8 Å². The monoisotopic (exact) mass is 368 g/mol. The highest BCUT2D eigenvalue weighted by Gasteiger charge is 2.47. The number of thiazole rings is 1. The molecule has 0 radical (unpaired) electrons. The van der Waals surface area contributed by atoms with Crippen LogP contribution >= 0.6 is 22.9 Å². The summed E-state index contributed by atoms with van der Waals surface area (Å²) < 4.78 is 0. The topological polar surface area (TPSA) is 39.7 Å². The molecule has 1 unspecified atom stereocenters. The molecule has 3 aliphatic heterocycles. The summed E-state index contributed by atoms with van der Waals surface area (Å²) in [5, 5.41) is 1.71. The molecule has 132 valence electrons. The Morgan fingerprint density at radius 2 is 1.96 bits per heavy atom. The maximum Gasteiger partial charge on any atom is 0.229 e. The van der Waals surface area contributed by atoms with E-state index in [1.54, 1.807) is 11.3 Å². The Labute approximate surface area is 152 Å². The molecule has 4 heterocycles. The van der Waals surface area contributed by atoms with Gasteiger partial charge in [0.25, 0.3) is 0 Å². The summed E-state index contributed by atoms with van der Waals surface area (Å²) in [5.41, 5.74) is -0.151. The molecule has 1 aromatic rings. The number of piperidine rings is 1.